The van der Waals surface area contributed by atoms with Crippen LogP contribution in [0.1, 0.15) is 71.1 Å². The Morgan fingerprint density at radius 3 is 1.62 bits per heavy atom. The van der Waals surface area contributed by atoms with Gasteiger partial charge in [-0.05, 0) is 6.42 Å². The molecule has 0 saturated carbocycles. The summed E-state index contributed by atoms with van der Waals surface area (Å²) in [6, 6.07) is 0. The quantitative estimate of drug-likeness (QED) is 0.274. The second kappa shape index (κ2) is 12.9. The van der Waals surface area contributed by atoms with Crippen LogP contribution < -0.4 is 0 Å². The molecule has 0 aromatic heterocycles. The number of unbranched alkanes of at least 4 members (excludes halogenated alkanes) is 9. The molecule has 0 spiro atoms. The molecule has 0 amide bonds. The van der Waals surface area contributed by atoms with Gasteiger partial charge in [-0.2, -0.15) is 21.6 Å². The first-order valence-electron chi connectivity index (χ1n) is 9.12. The van der Waals surface area contributed by atoms with Crippen molar-refractivity contribution in [3.63, 3.8) is 0 Å². The smallest absolute Gasteiger partial charge is 0.260 e. The molecule has 0 radical (unpaired) electrons. The molecule has 0 atom stereocenters. The molecular weight excluding hydrogens is 393 g/mol. The zero-order valence-corrected chi connectivity index (χ0v) is 17.0. The normalized spacial score (nSPS) is 13.2. The molecule has 10 heteroatoms. The first kappa shape index (κ1) is 25.6. The monoisotopic (exact) mass is 424 g/mol. The van der Waals surface area contributed by atoms with Crippen LogP contribution >= 0.6 is 0 Å². The maximum Gasteiger partial charge on any atom is 0.413 e. The lowest BCUT2D eigenvalue weighted by Crippen LogP contribution is -2.25. The molecule has 0 heterocycles. The molecule has 26 heavy (non-hydrogen) atoms. The topological polar surface area (TPSA) is 77.5 Å². The molecular formula is C16H31F3O5S2. The minimum atomic E-state index is -4.78. The Labute approximate surface area is 155 Å². The Balaban J connectivity index is 3.82. The van der Waals surface area contributed by atoms with Crippen molar-refractivity contribution >= 4 is 20.0 Å². The third-order valence-electron chi connectivity index (χ3n) is 3.86. The number of hydrogen-bond donors (Lipinski definition) is 0. The zero-order valence-electron chi connectivity index (χ0n) is 15.4. The molecule has 158 valence electrons. The van der Waals surface area contributed by atoms with Gasteiger partial charge in [0.15, 0.2) is 16.4 Å². The molecule has 0 rings (SSSR count). The molecule has 0 aliphatic rings. The molecule has 0 aliphatic carbocycles. The maximum atomic E-state index is 11.9. The van der Waals surface area contributed by atoms with E-state index in [9.17, 15) is 30.0 Å². The fourth-order valence-electron chi connectivity index (χ4n) is 2.36. The van der Waals surface area contributed by atoms with Gasteiger partial charge in [0.1, 0.15) is 0 Å². The number of rotatable bonds is 16. The number of hydrogen-bond acceptors (Lipinski definition) is 5. The van der Waals surface area contributed by atoms with E-state index in [1.807, 2.05) is 0 Å². The van der Waals surface area contributed by atoms with Gasteiger partial charge >= 0.3 is 6.18 Å². The van der Waals surface area contributed by atoms with Gasteiger partial charge in [0.25, 0.3) is 10.1 Å². The van der Waals surface area contributed by atoms with Gasteiger partial charge in [-0.3, -0.25) is 4.18 Å². The van der Waals surface area contributed by atoms with Gasteiger partial charge < -0.3 is 0 Å². The van der Waals surface area contributed by atoms with Crippen molar-refractivity contribution in [3.8, 4) is 0 Å². The average Bonchev–Trinajstić information content (AvgIpc) is 2.53. The fraction of sp³-hybridized carbons (Fsp3) is 1.00. The van der Waals surface area contributed by atoms with Crippen LogP contribution in [0.2, 0.25) is 0 Å². The van der Waals surface area contributed by atoms with E-state index in [0.29, 0.717) is 6.42 Å². The SMILES string of the molecule is CCCCCCCCCCCCS(=O)(=O)CCS(=O)(=O)OCC(F)(F)F. The summed E-state index contributed by atoms with van der Waals surface area (Å²) in [5.74, 6) is -1.83. The van der Waals surface area contributed by atoms with E-state index < -0.39 is 44.2 Å². The molecule has 0 fully saturated rings. The van der Waals surface area contributed by atoms with E-state index >= 15 is 0 Å². The molecule has 0 aromatic carbocycles. The third kappa shape index (κ3) is 17.1. The fourth-order valence-corrected chi connectivity index (χ4v) is 5.47. The van der Waals surface area contributed by atoms with Crippen molar-refractivity contribution in [2.75, 3.05) is 23.9 Å². The highest BCUT2D eigenvalue weighted by Gasteiger charge is 2.31. The standard InChI is InChI=1S/C16H31F3O5S2/c1-2-3-4-5-6-7-8-9-10-11-12-25(20,21)13-14-26(22,23)24-15-16(17,18)19/h2-15H2,1H3. The lowest BCUT2D eigenvalue weighted by molar-refractivity contribution is -0.152. The molecule has 0 unspecified atom stereocenters. The molecule has 0 saturated heterocycles. The van der Waals surface area contributed by atoms with Gasteiger partial charge in [-0.25, -0.2) is 8.42 Å². The molecule has 5 nitrogen and oxygen atoms in total. The van der Waals surface area contributed by atoms with Crippen LogP contribution in [0.5, 0.6) is 0 Å². The highest BCUT2D eigenvalue weighted by Crippen LogP contribution is 2.16. The van der Waals surface area contributed by atoms with Crippen molar-refractivity contribution < 1.29 is 34.2 Å². The van der Waals surface area contributed by atoms with Crippen LogP contribution in [0.25, 0.3) is 0 Å². The van der Waals surface area contributed by atoms with E-state index in [1.54, 1.807) is 0 Å². The predicted molar refractivity (Wildman–Crippen MR) is 96.3 cm³/mol. The van der Waals surface area contributed by atoms with Crippen molar-refractivity contribution in [2.24, 2.45) is 0 Å². The number of alkyl halides is 3. The minimum absolute atomic E-state index is 0.154. The largest absolute Gasteiger partial charge is 0.413 e. The van der Waals surface area contributed by atoms with Crippen LogP contribution in [0.3, 0.4) is 0 Å². The lowest BCUT2D eigenvalue weighted by atomic mass is 10.1. The first-order chi connectivity index (χ1) is 12.0. The van der Waals surface area contributed by atoms with Crippen molar-refractivity contribution in [3.05, 3.63) is 0 Å². The van der Waals surface area contributed by atoms with E-state index in [-0.39, 0.29) is 5.75 Å². The van der Waals surface area contributed by atoms with Crippen LogP contribution in [-0.2, 0) is 24.1 Å². The Morgan fingerprint density at radius 1 is 0.692 bits per heavy atom. The summed E-state index contributed by atoms with van der Waals surface area (Å²) in [6.07, 6.45) is 5.65. The Morgan fingerprint density at radius 2 is 1.15 bits per heavy atom. The number of halogens is 3. The predicted octanol–water partition coefficient (Wildman–Crippen LogP) is 4.23. The maximum absolute atomic E-state index is 11.9. The lowest BCUT2D eigenvalue weighted by Gasteiger charge is -2.08. The summed E-state index contributed by atoms with van der Waals surface area (Å²) in [5.41, 5.74) is 0. The summed E-state index contributed by atoms with van der Waals surface area (Å²) in [4.78, 5) is 0. The van der Waals surface area contributed by atoms with E-state index in [4.69, 9.17) is 0 Å². The second-order valence-electron chi connectivity index (χ2n) is 6.47. The Kier molecular flexibility index (Phi) is 12.8. The van der Waals surface area contributed by atoms with Gasteiger partial charge in [-0.1, -0.05) is 64.7 Å². The van der Waals surface area contributed by atoms with E-state index in [1.165, 1.54) is 32.1 Å². The highest BCUT2D eigenvalue weighted by molar-refractivity contribution is 7.93. The Bertz CT molecular complexity index is 557. The summed E-state index contributed by atoms with van der Waals surface area (Å²) in [6.45, 7) is 0.229. The highest BCUT2D eigenvalue weighted by atomic mass is 32.2. The molecule has 0 aliphatic heterocycles. The third-order valence-corrected chi connectivity index (χ3v) is 7.03. The van der Waals surface area contributed by atoms with Crippen LogP contribution in [0.4, 0.5) is 13.2 Å². The van der Waals surface area contributed by atoms with Crippen LogP contribution in [0, 0.1) is 0 Å². The van der Waals surface area contributed by atoms with Crippen LogP contribution in [0.15, 0.2) is 0 Å². The summed E-state index contributed by atoms with van der Waals surface area (Å²) < 4.78 is 85.7. The molecule has 0 N–H and O–H groups in total. The Hall–Kier alpha value is -0.350. The minimum Gasteiger partial charge on any atom is -0.260 e. The summed E-state index contributed by atoms with van der Waals surface area (Å²) >= 11 is 0. The van der Waals surface area contributed by atoms with E-state index in [2.05, 4.69) is 11.1 Å². The first-order valence-corrected chi connectivity index (χ1v) is 12.5. The van der Waals surface area contributed by atoms with Crippen molar-refractivity contribution in [1.82, 2.24) is 0 Å². The summed E-state index contributed by atoms with van der Waals surface area (Å²) in [5, 5.41) is 0. The van der Waals surface area contributed by atoms with Gasteiger partial charge in [0.2, 0.25) is 0 Å². The zero-order chi connectivity index (χ0) is 20.1. The van der Waals surface area contributed by atoms with Crippen molar-refractivity contribution in [1.29, 1.82) is 0 Å². The van der Waals surface area contributed by atoms with E-state index in [0.717, 1.165) is 25.7 Å². The van der Waals surface area contributed by atoms with Crippen LogP contribution in [-0.4, -0.2) is 46.9 Å². The number of sulfone groups is 1. The van der Waals surface area contributed by atoms with Gasteiger partial charge in [-0.15, -0.1) is 0 Å². The average molecular weight is 425 g/mol. The molecule has 0 bridgehead atoms. The second-order valence-corrected chi connectivity index (χ2v) is 10.5. The molecule has 0 aromatic rings. The summed E-state index contributed by atoms with van der Waals surface area (Å²) in [7, 11) is -8.12. The van der Waals surface area contributed by atoms with Crippen molar-refractivity contribution in [2.45, 2.75) is 77.3 Å². The van der Waals surface area contributed by atoms with Gasteiger partial charge in [0, 0.05) is 0 Å². The van der Waals surface area contributed by atoms with Gasteiger partial charge in [0.05, 0.1) is 17.3 Å².